The number of piperazine rings is 1. The lowest BCUT2D eigenvalue weighted by Gasteiger charge is -2.43. The molecule has 2 heterocycles. The zero-order valence-electron chi connectivity index (χ0n) is 14.7. The normalized spacial score (nSPS) is 32.4. The number of amides is 1. The number of hydrogen-bond donors (Lipinski definition) is 1. The largest absolute Gasteiger partial charge is 0.379 e. The van der Waals surface area contributed by atoms with Crippen LogP contribution in [0, 0.1) is 5.92 Å². The molecular formula is C18H33N3O2. The number of carbonyl (C=O) groups is 1. The summed E-state index contributed by atoms with van der Waals surface area (Å²) in [5, 5.41) is 11.0. The summed E-state index contributed by atoms with van der Waals surface area (Å²) < 4.78 is 0. The third-order valence-corrected chi connectivity index (χ3v) is 5.99. The molecular weight excluding hydrogens is 290 g/mol. The fraction of sp³-hybridized carbons (Fsp3) is 0.944. The Morgan fingerprint density at radius 1 is 1.04 bits per heavy atom. The summed E-state index contributed by atoms with van der Waals surface area (Å²) in [6.07, 6.45) is 8.01. The molecule has 5 nitrogen and oxygen atoms in total. The first-order chi connectivity index (χ1) is 11.1. The third-order valence-electron chi connectivity index (χ3n) is 5.99. The van der Waals surface area contributed by atoms with Gasteiger partial charge >= 0.3 is 0 Å². The van der Waals surface area contributed by atoms with Gasteiger partial charge in [-0.1, -0.05) is 19.3 Å². The van der Waals surface area contributed by atoms with Gasteiger partial charge in [0, 0.05) is 45.8 Å². The second-order valence-corrected chi connectivity index (χ2v) is 7.97. The summed E-state index contributed by atoms with van der Waals surface area (Å²) >= 11 is 0. The predicted molar refractivity (Wildman–Crippen MR) is 91.3 cm³/mol. The minimum Gasteiger partial charge on any atom is -0.379 e. The summed E-state index contributed by atoms with van der Waals surface area (Å²) in [5.41, 5.74) is -1.15. The lowest BCUT2D eigenvalue weighted by Crippen LogP contribution is -2.61. The van der Waals surface area contributed by atoms with E-state index in [4.69, 9.17) is 0 Å². The van der Waals surface area contributed by atoms with E-state index >= 15 is 0 Å². The number of piperidine rings is 1. The van der Waals surface area contributed by atoms with E-state index in [0.29, 0.717) is 18.9 Å². The molecule has 1 unspecified atom stereocenters. The fourth-order valence-corrected chi connectivity index (χ4v) is 4.44. The van der Waals surface area contributed by atoms with E-state index in [1.165, 1.54) is 32.1 Å². The second-order valence-electron chi connectivity index (χ2n) is 7.97. The molecule has 3 rings (SSSR count). The first-order valence-electron chi connectivity index (χ1n) is 9.49. The Labute approximate surface area is 140 Å². The fourth-order valence-electron chi connectivity index (χ4n) is 4.44. The maximum absolute atomic E-state index is 12.9. The average molecular weight is 323 g/mol. The Morgan fingerprint density at radius 3 is 2.43 bits per heavy atom. The molecule has 2 saturated heterocycles. The van der Waals surface area contributed by atoms with Gasteiger partial charge in [-0.3, -0.25) is 9.69 Å². The molecule has 1 aliphatic carbocycles. The van der Waals surface area contributed by atoms with Gasteiger partial charge in [-0.05, 0) is 38.6 Å². The highest BCUT2D eigenvalue weighted by Gasteiger charge is 2.43. The first kappa shape index (κ1) is 17.2. The summed E-state index contributed by atoms with van der Waals surface area (Å²) in [4.78, 5) is 19.4. The van der Waals surface area contributed by atoms with Crippen LogP contribution in [0.2, 0.25) is 0 Å². The highest BCUT2D eigenvalue weighted by Crippen LogP contribution is 2.29. The second kappa shape index (κ2) is 7.49. The van der Waals surface area contributed by atoms with Crippen molar-refractivity contribution < 1.29 is 9.90 Å². The van der Waals surface area contributed by atoms with Gasteiger partial charge in [-0.15, -0.1) is 0 Å². The van der Waals surface area contributed by atoms with Crippen LogP contribution in [0.15, 0.2) is 0 Å². The minimum absolute atomic E-state index is 0.00625. The molecule has 0 spiro atoms. The van der Waals surface area contributed by atoms with Crippen LogP contribution in [0.1, 0.15) is 44.9 Å². The van der Waals surface area contributed by atoms with Crippen LogP contribution in [0.25, 0.3) is 0 Å². The van der Waals surface area contributed by atoms with Crippen LogP contribution in [0.3, 0.4) is 0 Å². The SMILES string of the molecule is CN1CCN(CC2(O)CCCN(CC3CCCCC3)C2=O)CC1. The zero-order valence-corrected chi connectivity index (χ0v) is 14.7. The van der Waals surface area contributed by atoms with E-state index in [2.05, 4.69) is 16.8 Å². The molecule has 132 valence electrons. The Hall–Kier alpha value is -0.650. The molecule has 0 radical (unpaired) electrons. The molecule has 0 aromatic heterocycles. The summed E-state index contributed by atoms with van der Waals surface area (Å²) in [7, 11) is 2.13. The van der Waals surface area contributed by atoms with Gasteiger partial charge in [0.05, 0.1) is 0 Å². The molecule has 1 saturated carbocycles. The number of likely N-dealkylation sites (tertiary alicyclic amines) is 1. The van der Waals surface area contributed by atoms with Crippen LogP contribution >= 0.6 is 0 Å². The van der Waals surface area contributed by atoms with E-state index in [9.17, 15) is 9.90 Å². The van der Waals surface area contributed by atoms with Gasteiger partial charge < -0.3 is 14.9 Å². The lowest BCUT2D eigenvalue weighted by atomic mass is 9.86. The molecule has 1 atom stereocenters. The first-order valence-corrected chi connectivity index (χ1v) is 9.49. The molecule has 0 aromatic carbocycles. The van der Waals surface area contributed by atoms with Gasteiger partial charge in [-0.25, -0.2) is 0 Å². The van der Waals surface area contributed by atoms with Gasteiger partial charge in [0.15, 0.2) is 5.60 Å². The quantitative estimate of drug-likeness (QED) is 0.844. The number of β-amino-alcohol motifs (C(OH)–C–C–N with tert-alkyl or cyclic N) is 1. The van der Waals surface area contributed by atoms with Crippen molar-refractivity contribution in [2.75, 3.05) is 52.9 Å². The van der Waals surface area contributed by atoms with Gasteiger partial charge in [-0.2, -0.15) is 0 Å². The van der Waals surface area contributed by atoms with Crippen molar-refractivity contribution in [3.8, 4) is 0 Å². The summed E-state index contributed by atoms with van der Waals surface area (Å²) in [5.74, 6) is 0.645. The molecule has 5 heteroatoms. The van der Waals surface area contributed by atoms with Crippen molar-refractivity contribution in [1.29, 1.82) is 0 Å². The molecule has 1 N–H and O–H groups in total. The van der Waals surface area contributed by atoms with E-state index in [1.54, 1.807) is 0 Å². The monoisotopic (exact) mass is 323 g/mol. The van der Waals surface area contributed by atoms with Crippen LogP contribution < -0.4 is 0 Å². The number of carbonyl (C=O) groups excluding carboxylic acids is 1. The predicted octanol–water partition coefficient (Wildman–Crippen LogP) is 1.17. The molecule has 0 bridgehead atoms. The number of rotatable bonds is 4. The number of hydrogen-bond acceptors (Lipinski definition) is 4. The standard InChI is InChI=1S/C18H33N3O2/c1-19-10-12-20(13-11-19)15-18(23)8-5-9-21(17(18)22)14-16-6-3-2-4-7-16/h16,23H,2-15H2,1H3. The van der Waals surface area contributed by atoms with Crippen molar-refractivity contribution >= 4 is 5.91 Å². The van der Waals surface area contributed by atoms with Crippen LogP contribution in [-0.2, 0) is 4.79 Å². The van der Waals surface area contributed by atoms with Crippen molar-refractivity contribution in [1.82, 2.24) is 14.7 Å². The molecule has 2 aliphatic heterocycles. The van der Waals surface area contributed by atoms with Crippen LogP contribution in [0.4, 0.5) is 0 Å². The zero-order chi connectivity index (χ0) is 16.3. The molecule has 3 fully saturated rings. The third kappa shape index (κ3) is 4.25. The topological polar surface area (TPSA) is 47.0 Å². The number of nitrogens with zero attached hydrogens (tertiary/aromatic N) is 3. The van der Waals surface area contributed by atoms with Crippen molar-refractivity contribution in [3.63, 3.8) is 0 Å². The summed E-state index contributed by atoms with van der Waals surface area (Å²) in [6, 6.07) is 0. The van der Waals surface area contributed by atoms with Crippen molar-refractivity contribution in [2.24, 2.45) is 5.92 Å². The van der Waals surface area contributed by atoms with E-state index in [1.807, 2.05) is 4.90 Å². The molecule has 1 amide bonds. The smallest absolute Gasteiger partial charge is 0.255 e. The summed E-state index contributed by atoms with van der Waals surface area (Å²) in [6.45, 7) is 6.17. The number of likely N-dealkylation sites (N-methyl/N-ethyl adjacent to an activating group) is 1. The minimum atomic E-state index is -1.15. The van der Waals surface area contributed by atoms with Crippen LogP contribution in [-0.4, -0.2) is 84.2 Å². The lowest BCUT2D eigenvalue weighted by molar-refractivity contribution is -0.160. The Balaban J connectivity index is 1.56. The van der Waals surface area contributed by atoms with Gasteiger partial charge in [0.2, 0.25) is 0 Å². The van der Waals surface area contributed by atoms with Crippen molar-refractivity contribution in [3.05, 3.63) is 0 Å². The number of aliphatic hydroxyl groups is 1. The van der Waals surface area contributed by atoms with E-state index in [0.717, 1.165) is 45.7 Å². The Kier molecular flexibility index (Phi) is 5.60. The maximum Gasteiger partial charge on any atom is 0.255 e. The van der Waals surface area contributed by atoms with E-state index < -0.39 is 5.60 Å². The van der Waals surface area contributed by atoms with E-state index in [-0.39, 0.29) is 5.91 Å². The highest BCUT2D eigenvalue weighted by molar-refractivity contribution is 5.86. The average Bonchev–Trinajstić information content (AvgIpc) is 2.55. The van der Waals surface area contributed by atoms with Gasteiger partial charge in [0.1, 0.15) is 0 Å². The maximum atomic E-state index is 12.9. The highest BCUT2D eigenvalue weighted by atomic mass is 16.3. The molecule has 3 aliphatic rings. The van der Waals surface area contributed by atoms with Crippen molar-refractivity contribution in [2.45, 2.75) is 50.5 Å². The molecule has 0 aromatic rings. The molecule has 23 heavy (non-hydrogen) atoms. The Bertz CT molecular complexity index is 403. The Morgan fingerprint density at radius 2 is 1.74 bits per heavy atom. The van der Waals surface area contributed by atoms with Gasteiger partial charge in [0.25, 0.3) is 5.91 Å². The van der Waals surface area contributed by atoms with Crippen LogP contribution in [0.5, 0.6) is 0 Å².